The van der Waals surface area contributed by atoms with Crippen LogP contribution in [-0.2, 0) is 22.6 Å². The first-order chi connectivity index (χ1) is 16.4. The third-order valence-electron chi connectivity index (χ3n) is 5.33. The molecule has 0 saturated heterocycles. The molecule has 0 aliphatic heterocycles. The molecule has 3 rings (SSSR count). The summed E-state index contributed by atoms with van der Waals surface area (Å²) in [4.78, 5) is 29.4. The van der Waals surface area contributed by atoms with Gasteiger partial charge in [-0.3, -0.25) is 9.59 Å². The number of thioether (sulfide) groups is 1. The fraction of sp³-hybridized carbons (Fsp3) is 0.286. The number of nitrogens with one attached hydrogen (secondary N) is 1. The lowest BCUT2D eigenvalue weighted by molar-refractivity contribution is -0.141. The minimum absolute atomic E-state index is 0.0323. The first-order valence-corrected chi connectivity index (χ1v) is 12.5. The zero-order valence-corrected chi connectivity index (χ0v) is 20.4. The summed E-state index contributed by atoms with van der Waals surface area (Å²) in [5.74, 6) is -0.229. The summed E-state index contributed by atoms with van der Waals surface area (Å²) in [5.41, 5.74) is 1.33. The number of amides is 2. The fourth-order valence-corrected chi connectivity index (χ4v) is 4.52. The van der Waals surface area contributed by atoms with E-state index in [-0.39, 0.29) is 36.6 Å². The Kier molecular flexibility index (Phi) is 9.71. The molecule has 1 N–H and O–H groups in total. The average molecular weight is 479 g/mol. The number of carbonyl (C=O) groups is 2. The standard InChI is InChI=1S/C28H31FN2O2S/c1-21(2)30-28(33)26(19-22-11-5-3-6-12-22)31(20-23-13-9-10-16-25(23)29)27(32)17-18-34-24-14-7-4-8-15-24/h3-16,21,26H,17-20H2,1-2H3,(H,30,33). The molecule has 34 heavy (non-hydrogen) atoms. The first kappa shape index (κ1) is 25.5. The summed E-state index contributed by atoms with van der Waals surface area (Å²) >= 11 is 1.59. The molecule has 0 bridgehead atoms. The molecule has 3 aromatic rings. The molecule has 0 fully saturated rings. The lowest BCUT2D eigenvalue weighted by Gasteiger charge is -2.32. The Balaban J connectivity index is 1.86. The molecule has 6 heteroatoms. The van der Waals surface area contributed by atoms with Gasteiger partial charge in [0.15, 0.2) is 0 Å². The highest BCUT2D eigenvalue weighted by molar-refractivity contribution is 7.99. The molecule has 2 amide bonds. The molecule has 0 aliphatic rings. The zero-order chi connectivity index (χ0) is 24.3. The van der Waals surface area contributed by atoms with Gasteiger partial charge in [-0.05, 0) is 37.6 Å². The maximum atomic E-state index is 14.5. The topological polar surface area (TPSA) is 49.4 Å². The molecule has 0 heterocycles. The monoisotopic (exact) mass is 478 g/mol. The van der Waals surface area contributed by atoms with Crippen molar-refractivity contribution < 1.29 is 14.0 Å². The van der Waals surface area contributed by atoms with Crippen LogP contribution in [0.3, 0.4) is 0 Å². The van der Waals surface area contributed by atoms with Crippen molar-refractivity contribution in [3.8, 4) is 0 Å². The van der Waals surface area contributed by atoms with Gasteiger partial charge in [0.1, 0.15) is 11.9 Å². The summed E-state index contributed by atoms with van der Waals surface area (Å²) in [5, 5.41) is 2.95. The second kappa shape index (κ2) is 12.9. The lowest BCUT2D eigenvalue weighted by atomic mass is 10.0. The van der Waals surface area contributed by atoms with Gasteiger partial charge in [-0.1, -0.05) is 66.7 Å². The van der Waals surface area contributed by atoms with Crippen LogP contribution in [0.1, 0.15) is 31.4 Å². The van der Waals surface area contributed by atoms with Gasteiger partial charge in [0.2, 0.25) is 11.8 Å². The largest absolute Gasteiger partial charge is 0.352 e. The van der Waals surface area contributed by atoms with Gasteiger partial charge in [-0.15, -0.1) is 11.8 Å². The Bertz CT molecular complexity index is 1060. The van der Waals surface area contributed by atoms with Crippen molar-refractivity contribution in [2.24, 2.45) is 0 Å². The predicted octanol–water partition coefficient (Wildman–Crippen LogP) is 5.47. The highest BCUT2D eigenvalue weighted by Crippen LogP contribution is 2.21. The van der Waals surface area contributed by atoms with Crippen molar-refractivity contribution in [3.63, 3.8) is 0 Å². The van der Waals surface area contributed by atoms with Crippen LogP contribution in [0.4, 0.5) is 4.39 Å². The van der Waals surface area contributed by atoms with E-state index in [1.165, 1.54) is 11.0 Å². The van der Waals surface area contributed by atoms with Crippen molar-refractivity contribution in [2.75, 3.05) is 5.75 Å². The Hall–Kier alpha value is -3.12. The molecular formula is C28H31FN2O2S. The Morgan fingerprint density at radius 2 is 1.53 bits per heavy atom. The van der Waals surface area contributed by atoms with Crippen LogP contribution in [0.25, 0.3) is 0 Å². The van der Waals surface area contributed by atoms with Gasteiger partial charge in [-0.2, -0.15) is 0 Å². The Morgan fingerprint density at radius 3 is 2.18 bits per heavy atom. The first-order valence-electron chi connectivity index (χ1n) is 11.5. The van der Waals surface area contributed by atoms with E-state index in [9.17, 15) is 14.0 Å². The zero-order valence-electron chi connectivity index (χ0n) is 19.6. The summed E-state index contributed by atoms with van der Waals surface area (Å²) in [6.07, 6.45) is 0.597. The number of benzene rings is 3. The second-order valence-corrected chi connectivity index (χ2v) is 9.56. The van der Waals surface area contributed by atoms with Crippen LogP contribution in [0.2, 0.25) is 0 Å². The van der Waals surface area contributed by atoms with Crippen LogP contribution in [0.15, 0.2) is 89.8 Å². The molecule has 1 unspecified atom stereocenters. The molecule has 0 spiro atoms. The van der Waals surface area contributed by atoms with Crippen LogP contribution in [0.5, 0.6) is 0 Å². The number of carbonyl (C=O) groups excluding carboxylic acids is 2. The molecular weight excluding hydrogens is 447 g/mol. The van der Waals surface area contributed by atoms with Crippen molar-refractivity contribution in [2.45, 2.75) is 50.2 Å². The normalized spacial score (nSPS) is 11.8. The highest BCUT2D eigenvalue weighted by atomic mass is 32.2. The minimum Gasteiger partial charge on any atom is -0.352 e. The highest BCUT2D eigenvalue weighted by Gasteiger charge is 2.31. The van der Waals surface area contributed by atoms with E-state index in [1.54, 1.807) is 30.0 Å². The van der Waals surface area contributed by atoms with Crippen molar-refractivity contribution in [3.05, 3.63) is 102 Å². The van der Waals surface area contributed by atoms with E-state index in [1.807, 2.05) is 74.5 Å². The number of halogens is 1. The average Bonchev–Trinajstić information content (AvgIpc) is 2.83. The van der Waals surface area contributed by atoms with Gasteiger partial charge in [0.25, 0.3) is 0 Å². The van der Waals surface area contributed by atoms with Crippen LogP contribution in [-0.4, -0.2) is 34.6 Å². The third-order valence-corrected chi connectivity index (χ3v) is 6.34. The van der Waals surface area contributed by atoms with E-state index in [0.29, 0.717) is 17.7 Å². The third kappa shape index (κ3) is 7.73. The molecule has 0 aromatic heterocycles. The number of hydrogen-bond donors (Lipinski definition) is 1. The maximum absolute atomic E-state index is 14.5. The number of rotatable bonds is 11. The van der Waals surface area contributed by atoms with E-state index in [4.69, 9.17) is 0 Å². The van der Waals surface area contributed by atoms with Crippen molar-refractivity contribution in [1.82, 2.24) is 10.2 Å². The molecule has 1 atom stereocenters. The van der Waals surface area contributed by atoms with Gasteiger partial charge < -0.3 is 10.2 Å². The summed E-state index contributed by atoms with van der Waals surface area (Å²) in [7, 11) is 0. The number of nitrogens with zero attached hydrogens (tertiary/aromatic N) is 1. The number of hydrogen-bond acceptors (Lipinski definition) is 3. The summed E-state index contributed by atoms with van der Waals surface area (Å²) < 4.78 is 14.5. The van der Waals surface area contributed by atoms with Crippen LogP contribution >= 0.6 is 11.8 Å². The predicted molar refractivity (Wildman–Crippen MR) is 136 cm³/mol. The lowest BCUT2D eigenvalue weighted by Crippen LogP contribution is -2.52. The van der Waals surface area contributed by atoms with Crippen LogP contribution in [0, 0.1) is 5.82 Å². The van der Waals surface area contributed by atoms with Crippen LogP contribution < -0.4 is 5.32 Å². The van der Waals surface area contributed by atoms with Crippen molar-refractivity contribution >= 4 is 23.6 Å². The fourth-order valence-electron chi connectivity index (χ4n) is 3.66. The Labute approximate surface area is 205 Å². The summed E-state index contributed by atoms with van der Waals surface area (Å²) in [6, 6.07) is 25.0. The van der Waals surface area contributed by atoms with E-state index in [0.717, 1.165) is 10.5 Å². The SMILES string of the molecule is CC(C)NC(=O)C(Cc1ccccc1)N(Cc1ccccc1F)C(=O)CCSc1ccccc1. The van der Waals surface area contributed by atoms with E-state index < -0.39 is 6.04 Å². The summed E-state index contributed by atoms with van der Waals surface area (Å²) in [6.45, 7) is 3.80. The van der Waals surface area contributed by atoms with Crippen molar-refractivity contribution in [1.29, 1.82) is 0 Å². The van der Waals surface area contributed by atoms with E-state index in [2.05, 4.69) is 5.32 Å². The molecule has 0 aliphatic carbocycles. The molecule has 178 valence electrons. The second-order valence-electron chi connectivity index (χ2n) is 8.39. The quantitative estimate of drug-likeness (QED) is 0.372. The smallest absolute Gasteiger partial charge is 0.243 e. The molecule has 3 aromatic carbocycles. The van der Waals surface area contributed by atoms with Gasteiger partial charge in [0, 0.05) is 41.6 Å². The maximum Gasteiger partial charge on any atom is 0.243 e. The minimum atomic E-state index is -0.751. The van der Waals surface area contributed by atoms with Gasteiger partial charge in [0.05, 0.1) is 0 Å². The van der Waals surface area contributed by atoms with E-state index >= 15 is 0 Å². The molecule has 0 radical (unpaired) electrons. The van der Waals surface area contributed by atoms with Gasteiger partial charge in [-0.25, -0.2) is 4.39 Å². The molecule has 4 nitrogen and oxygen atoms in total. The van der Waals surface area contributed by atoms with Gasteiger partial charge >= 0.3 is 0 Å². The Morgan fingerprint density at radius 1 is 0.912 bits per heavy atom. The molecule has 0 saturated carbocycles.